The zero-order valence-corrected chi connectivity index (χ0v) is 10.1. The second-order valence-electron chi connectivity index (χ2n) is 5.36. The monoisotopic (exact) mass is 198 g/mol. The van der Waals surface area contributed by atoms with Crippen LogP contribution >= 0.6 is 0 Å². The van der Waals surface area contributed by atoms with Crippen molar-refractivity contribution in [2.75, 3.05) is 0 Å². The lowest BCUT2D eigenvalue weighted by Crippen LogP contribution is -2.30. The van der Waals surface area contributed by atoms with E-state index in [9.17, 15) is 5.11 Å². The fourth-order valence-electron chi connectivity index (χ4n) is 1.74. The molecule has 76 valence electrons. The summed E-state index contributed by atoms with van der Waals surface area (Å²) in [6, 6.07) is 0. The summed E-state index contributed by atoms with van der Waals surface area (Å²) in [5.74, 6) is 0. The predicted octanol–water partition coefficient (Wildman–Crippen LogP) is 3.12. The Bertz CT molecular complexity index is 185. The molecule has 2 heteroatoms. The molecule has 1 rings (SSSR count). The lowest BCUT2D eigenvalue weighted by atomic mass is 9.85. The van der Waals surface area contributed by atoms with Crippen LogP contribution in [0.4, 0.5) is 0 Å². The third-order valence-corrected chi connectivity index (χ3v) is 3.78. The molecule has 0 aromatic rings. The largest absolute Gasteiger partial charge is 0.386 e. The van der Waals surface area contributed by atoms with Gasteiger partial charge in [-0.15, -0.1) is 0 Å². The minimum absolute atomic E-state index is 0.460. The van der Waals surface area contributed by atoms with Crippen LogP contribution in [0.1, 0.15) is 32.1 Å². The normalized spacial score (nSPS) is 23.7. The Morgan fingerprint density at radius 3 is 2.08 bits per heavy atom. The lowest BCUT2D eigenvalue weighted by Gasteiger charge is -2.29. The van der Waals surface area contributed by atoms with Crippen molar-refractivity contribution in [1.29, 1.82) is 0 Å². The van der Waals surface area contributed by atoms with Gasteiger partial charge in [-0.3, -0.25) is 0 Å². The molecule has 1 nitrogen and oxygen atoms in total. The minimum Gasteiger partial charge on any atom is -0.386 e. The molecular formula is C11H22OSi. The molecule has 1 aliphatic carbocycles. The van der Waals surface area contributed by atoms with Gasteiger partial charge in [0.1, 0.15) is 0 Å². The highest BCUT2D eigenvalue weighted by Gasteiger charge is 2.26. The van der Waals surface area contributed by atoms with Gasteiger partial charge in [0.2, 0.25) is 0 Å². The van der Waals surface area contributed by atoms with Crippen LogP contribution in [0.15, 0.2) is 11.8 Å². The second-order valence-corrected chi connectivity index (χ2v) is 10.4. The van der Waals surface area contributed by atoms with E-state index in [0.717, 1.165) is 12.8 Å². The first-order chi connectivity index (χ1) is 5.91. The maximum atomic E-state index is 10.2. The fourth-order valence-corrected chi connectivity index (χ4v) is 2.55. The molecule has 1 aliphatic rings. The Kier molecular flexibility index (Phi) is 3.36. The van der Waals surface area contributed by atoms with E-state index in [1.807, 2.05) is 0 Å². The van der Waals surface area contributed by atoms with Gasteiger partial charge in [0.15, 0.2) is 0 Å². The molecule has 0 unspecified atom stereocenters. The Balaban J connectivity index is 2.55. The van der Waals surface area contributed by atoms with Crippen LogP contribution in [-0.2, 0) is 0 Å². The Morgan fingerprint density at radius 1 is 1.08 bits per heavy atom. The summed E-state index contributed by atoms with van der Waals surface area (Å²) in [6.45, 7) is 6.90. The van der Waals surface area contributed by atoms with E-state index in [4.69, 9.17) is 0 Å². The molecule has 0 amide bonds. The number of hydrogen-bond donors (Lipinski definition) is 1. The summed E-state index contributed by atoms with van der Waals surface area (Å²) in [4.78, 5) is 0. The van der Waals surface area contributed by atoms with Crippen molar-refractivity contribution in [3.05, 3.63) is 11.8 Å². The van der Waals surface area contributed by atoms with Crippen molar-refractivity contribution in [3.8, 4) is 0 Å². The van der Waals surface area contributed by atoms with Gasteiger partial charge in [-0.25, -0.2) is 0 Å². The van der Waals surface area contributed by atoms with E-state index in [-0.39, 0.29) is 0 Å². The molecule has 1 saturated carbocycles. The molecule has 0 heterocycles. The van der Waals surface area contributed by atoms with Crippen molar-refractivity contribution in [2.24, 2.45) is 0 Å². The molecule has 0 aromatic heterocycles. The second kappa shape index (κ2) is 3.97. The molecule has 1 fully saturated rings. The van der Waals surface area contributed by atoms with Crippen LogP contribution in [0.25, 0.3) is 0 Å². The first kappa shape index (κ1) is 11.0. The zero-order valence-electron chi connectivity index (χ0n) is 9.14. The van der Waals surface area contributed by atoms with Gasteiger partial charge in [-0.2, -0.15) is 0 Å². The molecule has 0 bridgehead atoms. The summed E-state index contributed by atoms with van der Waals surface area (Å²) in [5.41, 5.74) is 1.82. The van der Waals surface area contributed by atoms with E-state index >= 15 is 0 Å². The first-order valence-corrected chi connectivity index (χ1v) is 8.92. The first-order valence-electron chi connectivity index (χ1n) is 5.34. The van der Waals surface area contributed by atoms with Gasteiger partial charge in [-0.1, -0.05) is 50.7 Å². The van der Waals surface area contributed by atoms with Crippen LogP contribution < -0.4 is 0 Å². The van der Waals surface area contributed by atoms with Crippen LogP contribution in [0.3, 0.4) is 0 Å². The van der Waals surface area contributed by atoms with Gasteiger partial charge in [0, 0.05) is 0 Å². The highest BCUT2D eigenvalue weighted by Crippen LogP contribution is 2.29. The Hall–Kier alpha value is -0.0831. The summed E-state index contributed by atoms with van der Waals surface area (Å²) < 4.78 is 0. The smallest absolute Gasteiger partial charge is 0.0824 e. The van der Waals surface area contributed by atoms with E-state index in [0.29, 0.717) is 0 Å². The van der Waals surface area contributed by atoms with Crippen LogP contribution in [-0.4, -0.2) is 18.8 Å². The van der Waals surface area contributed by atoms with Crippen molar-refractivity contribution in [2.45, 2.75) is 57.3 Å². The van der Waals surface area contributed by atoms with E-state index in [1.54, 1.807) is 0 Å². The van der Waals surface area contributed by atoms with Gasteiger partial charge in [-0.05, 0) is 12.8 Å². The summed E-state index contributed by atoms with van der Waals surface area (Å²) >= 11 is 0. The van der Waals surface area contributed by atoms with Gasteiger partial charge in [0.05, 0.1) is 13.7 Å². The molecule has 0 spiro atoms. The van der Waals surface area contributed by atoms with Crippen molar-refractivity contribution < 1.29 is 5.11 Å². The topological polar surface area (TPSA) is 20.2 Å². The van der Waals surface area contributed by atoms with Crippen molar-refractivity contribution in [3.63, 3.8) is 0 Å². The van der Waals surface area contributed by atoms with Crippen molar-refractivity contribution >= 4 is 8.07 Å². The third-order valence-electron chi connectivity index (χ3n) is 2.61. The predicted molar refractivity (Wildman–Crippen MR) is 60.5 cm³/mol. The van der Waals surface area contributed by atoms with E-state index in [2.05, 4.69) is 31.4 Å². The summed E-state index contributed by atoms with van der Waals surface area (Å²) in [7, 11) is -1.13. The average Bonchev–Trinajstić information content (AvgIpc) is 2.02. The number of aliphatic hydroxyl groups is 1. The minimum atomic E-state index is -1.13. The molecular weight excluding hydrogens is 176 g/mol. The maximum absolute atomic E-state index is 10.2. The van der Waals surface area contributed by atoms with Gasteiger partial charge < -0.3 is 5.11 Å². The van der Waals surface area contributed by atoms with Crippen molar-refractivity contribution in [1.82, 2.24) is 0 Å². The fraction of sp³-hybridized carbons (Fsp3) is 0.818. The van der Waals surface area contributed by atoms with E-state index in [1.165, 1.54) is 19.3 Å². The number of hydrogen-bond acceptors (Lipinski definition) is 1. The summed E-state index contributed by atoms with van der Waals surface area (Å²) in [6.07, 6.45) is 7.68. The van der Waals surface area contributed by atoms with Crippen LogP contribution in [0.2, 0.25) is 19.6 Å². The quantitative estimate of drug-likeness (QED) is 0.676. The average molecular weight is 198 g/mol. The highest BCUT2D eigenvalue weighted by atomic mass is 28.3. The summed E-state index contributed by atoms with van der Waals surface area (Å²) in [5, 5.41) is 10.2. The Morgan fingerprint density at radius 2 is 1.62 bits per heavy atom. The van der Waals surface area contributed by atoms with Crippen LogP contribution in [0, 0.1) is 0 Å². The molecule has 0 atom stereocenters. The van der Waals surface area contributed by atoms with Gasteiger partial charge in [0.25, 0.3) is 0 Å². The van der Waals surface area contributed by atoms with Gasteiger partial charge >= 0.3 is 0 Å². The maximum Gasteiger partial charge on any atom is 0.0824 e. The zero-order chi connectivity index (χ0) is 9.95. The third kappa shape index (κ3) is 4.10. The Labute approximate surface area is 82.9 Å². The SMILES string of the molecule is C[Si](C)(C)/C=C/C1(O)CCCCC1. The molecule has 0 aliphatic heterocycles. The molecule has 1 N–H and O–H groups in total. The van der Waals surface area contributed by atoms with Crippen LogP contribution in [0.5, 0.6) is 0 Å². The molecule has 0 radical (unpaired) electrons. The standard InChI is InChI=1S/C11H22OSi/c1-13(2,3)10-9-11(12)7-5-4-6-8-11/h9-10,12H,4-8H2,1-3H3/b10-9+. The molecule has 0 saturated heterocycles. The number of rotatable bonds is 2. The van der Waals surface area contributed by atoms with E-state index < -0.39 is 13.7 Å². The molecule has 13 heavy (non-hydrogen) atoms. The molecule has 0 aromatic carbocycles. The lowest BCUT2D eigenvalue weighted by molar-refractivity contribution is 0.0514. The highest BCUT2D eigenvalue weighted by molar-refractivity contribution is 6.80.